The summed E-state index contributed by atoms with van der Waals surface area (Å²) in [5.74, 6) is -1.40. The number of ether oxygens (including phenoxy) is 1. The van der Waals surface area contributed by atoms with E-state index in [1.807, 2.05) is 18.2 Å². The number of carboxylic acid groups (broad SMARTS) is 1. The van der Waals surface area contributed by atoms with Crippen LogP contribution in [0.25, 0.3) is 6.08 Å². The lowest BCUT2D eigenvalue weighted by Gasteiger charge is -2.11. The van der Waals surface area contributed by atoms with Gasteiger partial charge in [0.05, 0.1) is 15.1 Å². The summed E-state index contributed by atoms with van der Waals surface area (Å²) in [6.45, 7) is 0.270. The predicted molar refractivity (Wildman–Crippen MR) is 131 cm³/mol. The van der Waals surface area contributed by atoms with Gasteiger partial charge in [-0.2, -0.15) is 5.26 Å². The van der Waals surface area contributed by atoms with Crippen molar-refractivity contribution in [2.75, 3.05) is 5.32 Å². The largest absolute Gasteiger partial charge is 0.486 e. The van der Waals surface area contributed by atoms with Crippen LogP contribution < -0.4 is 10.1 Å². The summed E-state index contributed by atoms with van der Waals surface area (Å²) >= 11 is 15.7. The van der Waals surface area contributed by atoms with Crippen molar-refractivity contribution in [3.63, 3.8) is 0 Å². The molecule has 0 heterocycles. The Morgan fingerprint density at radius 1 is 1.12 bits per heavy atom. The highest BCUT2D eigenvalue weighted by molar-refractivity contribution is 9.10. The van der Waals surface area contributed by atoms with Gasteiger partial charge in [-0.1, -0.05) is 41.4 Å². The van der Waals surface area contributed by atoms with Gasteiger partial charge in [-0.15, -0.1) is 0 Å². The lowest BCUT2D eigenvalue weighted by molar-refractivity contribution is -0.112. The van der Waals surface area contributed by atoms with Crippen LogP contribution in [0.3, 0.4) is 0 Å². The molecule has 0 spiro atoms. The summed E-state index contributed by atoms with van der Waals surface area (Å²) in [5.41, 5.74) is 1.48. The number of carbonyl (C=O) groups is 2. The Morgan fingerprint density at radius 2 is 1.85 bits per heavy atom. The molecule has 9 heteroatoms. The normalized spacial score (nSPS) is 10.9. The molecule has 0 saturated carbocycles. The van der Waals surface area contributed by atoms with Gasteiger partial charge in [0.15, 0.2) is 5.75 Å². The van der Waals surface area contributed by atoms with E-state index < -0.39 is 11.9 Å². The molecule has 33 heavy (non-hydrogen) atoms. The highest BCUT2D eigenvalue weighted by Crippen LogP contribution is 2.35. The van der Waals surface area contributed by atoms with Crippen molar-refractivity contribution in [1.29, 1.82) is 5.26 Å². The molecule has 0 bridgehead atoms. The standard InChI is InChI=1S/C24H15BrCl2N2O4/c25-20-9-15(10-21(27)22(20)33-13-14-4-6-18(26)7-5-14)8-17(12-28)23(30)29-19-3-1-2-16(11-19)24(31)32/h1-11H,13H2,(H,29,30)(H,31,32)/b17-8-. The van der Waals surface area contributed by atoms with Crippen LogP contribution >= 0.6 is 39.1 Å². The number of nitriles is 1. The van der Waals surface area contributed by atoms with E-state index in [-0.39, 0.29) is 28.5 Å². The molecule has 3 rings (SSSR count). The summed E-state index contributed by atoms with van der Waals surface area (Å²) in [6.07, 6.45) is 1.37. The minimum Gasteiger partial charge on any atom is -0.486 e. The second-order valence-electron chi connectivity index (χ2n) is 6.74. The van der Waals surface area contributed by atoms with Gasteiger partial charge < -0.3 is 15.2 Å². The van der Waals surface area contributed by atoms with Crippen molar-refractivity contribution in [3.05, 3.63) is 97.4 Å². The Bertz CT molecular complexity index is 1260. The smallest absolute Gasteiger partial charge is 0.335 e. The fourth-order valence-corrected chi connectivity index (χ4v) is 3.90. The number of rotatable bonds is 7. The summed E-state index contributed by atoms with van der Waals surface area (Å²) in [5, 5.41) is 22.0. The average molecular weight is 546 g/mol. The maximum Gasteiger partial charge on any atom is 0.335 e. The molecule has 0 aromatic heterocycles. The second kappa shape index (κ2) is 11.0. The molecule has 0 unspecified atom stereocenters. The van der Waals surface area contributed by atoms with Gasteiger partial charge in [-0.25, -0.2) is 4.79 Å². The summed E-state index contributed by atoms with van der Waals surface area (Å²) < 4.78 is 6.35. The number of amides is 1. The molecule has 1 amide bonds. The maximum absolute atomic E-state index is 12.5. The van der Waals surface area contributed by atoms with Crippen LogP contribution in [0.1, 0.15) is 21.5 Å². The monoisotopic (exact) mass is 544 g/mol. The lowest BCUT2D eigenvalue weighted by Crippen LogP contribution is -2.14. The van der Waals surface area contributed by atoms with Gasteiger partial charge in [0.1, 0.15) is 18.2 Å². The predicted octanol–water partition coefficient (Wildman–Crippen LogP) is 6.58. The summed E-state index contributed by atoms with van der Waals surface area (Å²) in [4.78, 5) is 23.6. The van der Waals surface area contributed by atoms with Crippen LogP contribution in [0.5, 0.6) is 5.75 Å². The van der Waals surface area contributed by atoms with Gasteiger partial charge in [-0.3, -0.25) is 4.79 Å². The first-order valence-corrected chi connectivity index (χ1v) is 10.9. The molecule has 3 aromatic carbocycles. The summed E-state index contributed by atoms with van der Waals surface area (Å²) in [7, 11) is 0. The zero-order valence-corrected chi connectivity index (χ0v) is 19.9. The first-order chi connectivity index (χ1) is 15.8. The molecule has 6 nitrogen and oxygen atoms in total. The molecule has 0 atom stereocenters. The third-order valence-corrected chi connectivity index (χ3v) is 5.48. The Hall–Kier alpha value is -3.31. The van der Waals surface area contributed by atoms with Crippen LogP contribution in [0, 0.1) is 11.3 Å². The first-order valence-electron chi connectivity index (χ1n) is 9.39. The van der Waals surface area contributed by atoms with E-state index in [1.54, 1.807) is 24.3 Å². The van der Waals surface area contributed by atoms with E-state index in [4.69, 9.17) is 33.0 Å². The zero-order valence-electron chi connectivity index (χ0n) is 16.8. The lowest BCUT2D eigenvalue weighted by atomic mass is 10.1. The Labute approximate surface area is 208 Å². The molecular weight excluding hydrogens is 531 g/mol. The number of anilines is 1. The fourth-order valence-electron chi connectivity index (χ4n) is 2.78. The molecular formula is C24H15BrCl2N2O4. The third-order valence-electron chi connectivity index (χ3n) is 4.36. The molecule has 0 fully saturated rings. The molecule has 166 valence electrons. The van der Waals surface area contributed by atoms with E-state index in [1.165, 1.54) is 30.3 Å². The second-order valence-corrected chi connectivity index (χ2v) is 8.44. The van der Waals surface area contributed by atoms with Crippen molar-refractivity contribution in [1.82, 2.24) is 0 Å². The van der Waals surface area contributed by atoms with Crippen molar-refractivity contribution in [2.45, 2.75) is 6.61 Å². The van der Waals surface area contributed by atoms with E-state index in [2.05, 4.69) is 21.2 Å². The molecule has 0 aliphatic heterocycles. The number of halogens is 3. The minimum atomic E-state index is -1.12. The van der Waals surface area contributed by atoms with Crippen molar-refractivity contribution in [2.24, 2.45) is 0 Å². The summed E-state index contributed by atoms with van der Waals surface area (Å²) in [6, 6.07) is 18.0. The Kier molecular flexibility index (Phi) is 8.12. The SMILES string of the molecule is N#C/C(=C/c1cc(Cl)c(OCc2ccc(Cl)cc2)c(Br)c1)C(=O)Nc1cccc(C(=O)O)c1. The number of nitrogens with one attached hydrogen (secondary N) is 1. The third kappa shape index (κ3) is 6.59. The quantitative estimate of drug-likeness (QED) is 0.258. The number of carboxylic acids is 1. The number of nitrogens with zero attached hydrogens (tertiary/aromatic N) is 1. The molecule has 0 radical (unpaired) electrons. The molecule has 0 aliphatic carbocycles. The number of hydrogen-bond donors (Lipinski definition) is 2. The van der Waals surface area contributed by atoms with Gasteiger partial charge in [0.2, 0.25) is 0 Å². The minimum absolute atomic E-state index is 0.0141. The van der Waals surface area contributed by atoms with Gasteiger partial charge >= 0.3 is 5.97 Å². The van der Waals surface area contributed by atoms with Gasteiger partial charge in [0.25, 0.3) is 5.91 Å². The van der Waals surface area contributed by atoms with Crippen LogP contribution in [-0.2, 0) is 11.4 Å². The molecule has 0 saturated heterocycles. The molecule has 0 aliphatic rings. The van der Waals surface area contributed by atoms with Crippen molar-refractivity contribution < 1.29 is 19.4 Å². The maximum atomic E-state index is 12.5. The Morgan fingerprint density at radius 3 is 2.48 bits per heavy atom. The fraction of sp³-hybridized carbons (Fsp3) is 0.0417. The Balaban J connectivity index is 1.77. The topological polar surface area (TPSA) is 99.4 Å². The van der Waals surface area contributed by atoms with E-state index in [0.29, 0.717) is 20.8 Å². The number of aromatic carboxylic acids is 1. The average Bonchev–Trinajstić information content (AvgIpc) is 2.78. The van der Waals surface area contributed by atoms with Crippen molar-refractivity contribution in [3.8, 4) is 11.8 Å². The van der Waals surface area contributed by atoms with Crippen LogP contribution in [0.2, 0.25) is 10.0 Å². The van der Waals surface area contributed by atoms with Crippen molar-refractivity contribution >= 4 is 62.8 Å². The van der Waals surface area contributed by atoms with Gasteiger partial charge in [-0.05, 0) is 75.6 Å². The molecule has 3 aromatic rings. The highest BCUT2D eigenvalue weighted by atomic mass is 79.9. The highest BCUT2D eigenvalue weighted by Gasteiger charge is 2.14. The van der Waals surface area contributed by atoms with Crippen LogP contribution in [-0.4, -0.2) is 17.0 Å². The zero-order chi connectivity index (χ0) is 24.0. The molecule has 2 N–H and O–H groups in total. The number of carbonyl (C=O) groups excluding carboxylic acids is 1. The van der Waals surface area contributed by atoms with E-state index in [9.17, 15) is 14.9 Å². The van der Waals surface area contributed by atoms with E-state index in [0.717, 1.165) is 5.56 Å². The van der Waals surface area contributed by atoms with Crippen LogP contribution in [0.4, 0.5) is 5.69 Å². The van der Waals surface area contributed by atoms with Crippen LogP contribution in [0.15, 0.2) is 70.7 Å². The van der Waals surface area contributed by atoms with E-state index >= 15 is 0 Å². The number of benzene rings is 3. The first kappa shape index (κ1) is 24.3. The number of hydrogen-bond acceptors (Lipinski definition) is 4. The van der Waals surface area contributed by atoms with Gasteiger partial charge in [0, 0.05) is 10.7 Å².